The number of aromatic nitrogens is 5. The van der Waals surface area contributed by atoms with Gasteiger partial charge in [-0.15, -0.1) is 10.2 Å². The maximum Gasteiger partial charge on any atom is 0.191 e. The number of aliphatic hydroxyl groups excluding tert-OH is 1. The van der Waals surface area contributed by atoms with Crippen molar-refractivity contribution in [1.82, 2.24) is 24.7 Å². The maximum atomic E-state index is 10.8. The van der Waals surface area contributed by atoms with E-state index in [1.165, 1.54) is 11.8 Å². The van der Waals surface area contributed by atoms with Gasteiger partial charge in [-0.2, -0.15) is 5.26 Å². The van der Waals surface area contributed by atoms with Crippen LogP contribution in [0.2, 0.25) is 0 Å². The second kappa shape index (κ2) is 7.81. The molecule has 144 valence electrons. The molecule has 2 aromatic carbocycles. The fourth-order valence-corrected chi connectivity index (χ4v) is 3.85. The normalized spacial score (nSPS) is 13.1. The predicted molar refractivity (Wildman–Crippen MR) is 113 cm³/mol. The van der Waals surface area contributed by atoms with Crippen LogP contribution in [0.5, 0.6) is 0 Å². The highest BCUT2D eigenvalue weighted by Crippen LogP contribution is 2.31. The predicted octanol–water partition coefficient (Wildman–Crippen LogP) is 4.33. The average molecular weight is 402 g/mol. The van der Waals surface area contributed by atoms with Gasteiger partial charge in [-0.3, -0.25) is 0 Å². The second-order valence-corrected chi connectivity index (χ2v) is 7.77. The van der Waals surface area contributed by atoms with Crippen LogP contribution in [-0.2, 0) is 7.05 Å². The largest absolute Gasteiger partial charge is 0.510 e. The summed E-state index contributed by atoms with van der Waals surface area (Å²) in [5.41, 5.74) is 2.63. The molecule has 8 heteroatoms. The highest BCUT2D eigenvalue weighted by atomic mass is 32.2. The number of nitrogens with one attached hydrogen (secondary N) is 1. The van der Waals surface area contributed by atoms with E-state index in [1.54, 1.807) is 0 Å². The van der Waals surface area contributed by atoms with Gasteiger partial charge in [0.25, 0.3) is 0 Å². The molecule has 0 amide bonds. The van der Waals surface area contributed by atoms with Crippen LogP contribution < -0.4 is 0 Å². The Hall–Kier alpha value is -3.57. The fraction of sp³-hybridized carbons (Fsp3) is 0.143. The van der Waals surface area contributed by atoms with E-state index in [9.17, 15) is 10.4 Å². The molecule has 0 aliphatic rings. The van der Waals surface area contributed by atoms with E-state index >= 15 is 0 Å². The van der Waals surface area contributed by atoms with Crippen molar-refractivity contribution in [3.05, 3.63) is 66.2 Å². The van der Waals surface area contributed by atoms with Crippen LogP contribution >= 0.6 is 11.8 Å². The molecule has 2 aromatic heterocycles. The summed E-state index contributed by atoms with van der Waals surface area (Å²) in [4.78, 5) is 7.51. The molecule has 0 bridgehead atoms. The lowest BCUT2D eigenvalue weighted by molar-refractivity contribution is 0.401. The summed E-state index contributed by atoms with van der Waals surface area (Å²) in [7, 11) is 1.88. The lowest BCUT2D eigenvalue weighted by Gasteiger charge is -2.11. The van der Waals surface area contributed by atoms with Crippen molar-refractivity contribution in [2.45, 2.75) is 17.3 Å². The van der Waals surface area contributed by atoms with E-state index in [0.717, 1.165) is 22.4 Å². The molecule has 0 radical (unpaired) electrons. The minimum Gasteiger partial charge on any atom is -0.510 e. The van der Waals surface area contributed by atoms with Gasteiger partial charge in [0, 0.05) is 12.6 Å². The molecule has 0 saturated heterocycles. The smallest absolute Gasteiger partial charge is 0.191 e. The van der Waals surface area contributed by atoms with Crippen molar-refractivity contribution < 1.29 is 5.11 Å². The number of nitriles is 1. The number of thioether (sulfide) groups is 1. The topological polar surface area (TPSA) is 103 Å². The quantitative estimate of drug-likeness (QED) is 0.292. The number of para-hydroxylation sites is 2. The van der Waals surface area contributed by atoms with E-state index in [2.05, 4.69) is 26.2 Å². The first-order valence-corrected chi connectivity index (χ1v) is 9.86. The molecule has 2 heterocycles. The summed E-state index contributed by atoms with van der Waals surface area (Å²) < 4.78 is 1.87. The molecular formula is C21H18N6OS. The van der Waals surface area contributed by atoms with E-state index in [1.807, 2.05) is 73.1 Å². The third-order valence-corrected chi connectivity index (χ3v) is 5.67. The summed E-state index contributed by atoms with van der Waals surface area (Å²) in [5.74, 6) is 1.03. The highest BCUT2D eigenvalue weighted by molar-refractivity contribution is 7.99. The van der Waals surface area contributed by atoms with E-state index in [-0.39, 0.29) is 11.3 Å². The van der Waals surface area contributed by atoms with Crippen molar-refractivity contribution >= 4 is 28.4 Å². The maximum absolute atomic E-state index is 10.8. The molecule has 1 atom stereocenters. The van der Waals surface area contributed by atoms with Crippen molar-refractivity contribution in [1.29, 1.82) is 5.26 Å². The van der Waals surface area contributed by atoms with Gasteiger partial charge in [0.15, 0.2) is 16.8 Å². The second-order valence-electron chi connectivity index (χ2n) is 6.47. The van der Waals surface area contributed by atoms with E-state index in [4.69, 9.17) is 0 Å². The Morgan fingerprint density at radius 1 is 1.14 bits per heavy atom. The molecule has 2 N–H and O–H groups in total. The number of hydrogen-bond donors (Lipinski definition) is 2. The van der Waals surface area contributed by atoms with Crippen molar-refractivity contribution in [3.8, 4) is 17.5 Å². The Morgan fingerprint density at radius 3 is 2.59 bits per heavy atom. The molecule has 0 aliphatic carbocycles. The van der Waals surface area contributed by atoms with Crippen LogP contribution in [-0.4, -0.2) is 35.1 Å². The Morgan fingerprint density at radius 2 is 1.86 bits per heavy atom. The number of aromatic amines is 1. The zero-order valence-corrected chi connectivity index (χ0v) is 16.7. The summed E-state index contributed by atoms with van der Waals surface area (Å²) >= 11 is 1.33. The molecule has 0 unspecified atom stereocenters. The van der Waals surface area contributed by atoms with Crippen LogP contribution in [0.4, 0.5) is 0 Å². The third-order valence-electron chi connectivity index (χ3n) is 4.53. The van der Waals surface area contributed by atoms with E-state index in [0.29, 0.717) is 11.0 Å². The SMILES string of the molecule is C[C@H](Sc1nnc(-c2ccccc2)n1C)/C(O)=C(\C#N)c1nc2ccccc2[nH]1. The standard InChI is InChI=1S/C21H18N6OS/c1-13(29-21-26-25-20(27(21)2)14-8-4-3-5-9-14)18(28)15(12-22)19-23-16-10-6-7-11-17(16)24-19/h3-11,13,28H,1-2H3,(H,23,24)/b18-15-/t13-/m0/s1. The van der Waals surface area contributed by atoms with Crippen molar-refractivity contribution in [2.24, 2.45) is 7.05 Å². The molecule has 0 saturated carbocycles. The zero-order chi connectivity index (χ0) is 20.4. The molecular weight excluding hydrogens is 384 g/mol. The summed E-state index contributed by atoms with van der Waals surface area (Å²) in [6.07, 6.45) is 0. The van der Waals surface area contributed by atoms with Crippen LogP contribution in [0.3, 0.4) is 0 Å². The minimum absolute atomic E-state index is 0.0548. The van der Waals surface area contributed by atoms with Crippen LogP contribution in [0.15, 0.2) is 65.5 Å². The highest BCUT2D eigenvalue weighted by Gasteiger charge is 2.21. The van der Waals surface area contributed by atoms with Gasteiger partial charge < -0.3 is 14.7 Å². The Bertz CT molecular complexity index is 1200. The minimum atomic E-state index is -0.413. The first-order chi connectivity index (χ1) is 14.1. The van der Waals surface area contributed by atoms with Crippen LogP contribution in [0.1, 0.15) is 12.7 Å². The zero-order valence-electron chi connectivity index (χ0n) is 15.9. The van der Waals surface area contributed by atoms with E-state index < -0.39 is 5.25 Å². The first kappa shape index (κ1) is 18.8. The number of imidazole rings is 1. The van der Waals surface area contributed by atoms with Gasteiger partial charge in [0.1, 0.15) is 17.4 Å². The lowest BCUT2D eigenvalue weighted by Crippen LogP contribution is -2.06. The van der Waals surface area contributed by atoms with Gasteiger partial charge in [-0.1, -0.05) is 54.2 Å². The number of fused-ring (bicyclic) bond motifs is 1. The van der Waals surface area contributed by atoms with Crippen LogP contribution in [0, 0.1) is 11.3 Å². The number of aliphatic hydroxyl groups is 1. The number of benzene rings is 2. The van der Waals surface area contributed by atoms with Gasteiger partial charge in [0.05, 0.1) is 16.3 Å². The molecule has 0 spiro atoms. The average Bonchev–Trinajstić information content (AvgIpc) is 3.33. The summed E-state index contributed by atoms with van der Waals surface area (Å²) in [6.45, 7) is 1.82. The number of H-pyrrole nitrogens is 1. The number of allylic oxidation sites excluding steroid dienone is 1. The molecule has 0 fully saturated rings. The van der Waals surface area contributed by atoms with Gasteiger partial charge >= 0.3 is 0 Å². The molecule has 4 rings (SSSR count). The van der Waals surface area contributed by atoms with Crippen molar-refractivity contribution in [2.75, 3.05) is 0 Å². The monoisotopic (exact) mass is 402 g/mol. The van der Waals surface area contributed by atoms with Crippen LogP contribution in [0.25, 0.3) is 28.0 Å². The number of rotatable bonds is 5. The Kier molecular flexibility index (Phi) is 5.06. The van der Waals surface area contributed by atoms with Gasteiger partial charge in [-0.25, -0.2) is 4.98 Å². The third kappa shape index (κ3) is 3.60. The number of hydrogen-bond acceptors (Lipinski definition) is 6. The fourth-order valence-electron chi connectivity index (χ4n) is 2.98. The van der Waals surface area contributed by atoms with Crippen molar-refractivity contribution in [3.63, 3.8) is 0 Å². The molecule has 7 nitrogen and oxygen atoms in total. The lowest BCUT2D eigenvalue weighted by atomic mass is 10.2. The summed E-state index contributed by atoms with van der Waals surface area (Å²) in [5, 5.41) is 29.1. The van der Waals surface area contributed by atoms with Gasteiger partial charge in [0.2, 0.25) is 0 Å². The molecule has 0 aliphatic heterocycles. The molecule has 4 aromatic rings. The summed E-state index contributed by atoms with van der Waals surface area (Å²) in [6, 6.07) is 19.3. The number of nitrogens with zero attached hydrogens (tertiary/aromatic N) is 5. The first-order valence-electron chi connectivity index (χ1n) is 8.98. The Labute approximate surface area is 171 Å². The molecule has 29 heavy (non-hydrogen) atoms. The Balaban J connectivity index is 1.62. The van der Waals surface area contributed by atoms with Gasteiger partial charge in [-0.05, 0) is 19.1 Å².